The van der Waals surface area contributed by atoms with E-state index >= 15 is 0 Å². The van der Waals surface area contributed by atoms with Gasteiger partial charge in [-0.15, -0.1) is 0 Å². The second-order valence-electron chi connectivity index (χ2n) is 7.86. The number of carbonyl (C=O) groups excluding carboxylic acids is 2. The van der Waals surface area contributed by atoms with Gasteiger partial charge in [0.1, 0.15) is 11.5 Å². The predicted octanol–water partition coefficient (Wildman–Crippen LogP) is 4.89. The number of hydrogen-bond donors (Lipinski definition) is 1. The molecule has 0 spiro atoms. The Morgan fingerprint density at radius 1 is 1.09 bits per heavy atom. The number of benzene rings is 2. The maximum absolute atomic E-state index is 13.1. The minimum absolute atomic E-state index is 0.0780. The number of amides is 1. The van der Waals surface area contributed by atoms with Crippen LogP contribution in [0.15, 0.2) is 54.1 Å². The second kappa shape index (κ2) is 11.3. The third-order valence-corrected chi connectivity index (χ3v) is 6.22. The summed E-state index contributed by atoms with van der Waals surface area (Å²) >= 11 is 6.31. The maximum atomic E-state index is 13.1. The second-order valence-corrected chi connectivity index (χ2v) is 8.27. The molecule has 1 fully saturated rings. The third-order valence-electron chi connectivity index (χ3n) is 5.93. The third kappa shape index (κ3) is 5.40. The van der Waals surface area contributed by atoms with Crippen LogP contribution in [0.25, 0.3) is 5.76 Å². The standard InChI is InChI=1S/C26H31ClN2O4/c1-4-28(5-2)15-10-16-29-23(18-11-8-7-9-12-18)22(25(31)26(29)32)24(30)19-13-14-21(33-6-3)20(27)17-19/h7-9,11-14,17,23,30H,4-6,10,15-16H2,1-3H3/t23-/m1/s1. The summed E-state index contributed by atoms with van der Waals surface area (Å²) < 4.78 is 5.46. The van der Waals surface area contributed by atoms with Crippen LogP contribution in [-0.4, -0.2) is 59.4 Å². The van der Waals surface area contributed by atoms with Crippen molar-refractivity contribution in [2.75, 3.05) is 32.8 Å². The van der Waals surface area contributed by atoms with Gasteiger partial charge in [0.25, 0.3) is 11.7 Å². The summed E-state index contributed by atoms with van der Waals surface area (Å²) in [7, 11) is 0. The summed E-state index contributed by atoms with van der Waals surface area (Å²) in [5, 5.41) is 11.5. The predicted molar refractivity (Wildman–Crippen MR) is 130 cm³/mol. The van der Waals surface area contributed by atoms with Crippen molar-refractivity contribution in [3.63, 3.8) is 0 Å². The fraction of sp³-hybridized carbons (Fsp3) is 0.385. The smallest absolute Gasteiger partial charge is 0.295 e. The van der Waals surface area contributed by atoms with Gasteiger partial charge in [-0.1, -0.05) is 55.8 Å². The first kappa shape index (κ1) is 24.8. The molecule has 1 atom stereocenters. The largest absolute Gasteiger partial charge is 0.507 e. The van der Waals surface area contributed by atoms with Crippen LogP contribution in [0, 0.1) is 0 Å². The molecule has 0 bridgehead atoms. The molecule has 176 valence electrons. The Bertz CT molecular complexity index is 1020. The van der Waals surface area contributed by atoms with Gasteiger partial charge in [-0.2, -0.15) is 0 Å². The number of halogens is 1. The first-order valence-corrected chi connectivity index (χ1v) is 11.8. The number of Topliss-reactive ketones (excluding diaryl/α,β-unsaturated/α-hetero) is 1. The molecule has 3 rings (SSSR count). The highest BCUT2D eigenvalue weighted by Gasteiger charge is 2.45. The van der Waals surface area contributed by atoms with E-state index in [1.54, 1.807) is 23.1 Å². The zero-order valence-corrected chi connectivity index (χ0v) is 20.1. The Labute approximate surface area is 200 Å². The van der Waals surface area contributed by atoms with Crippen molar-refractivity contribution in [2.24, 2.45) is 0 Å². The van der Waals surface area contributed by atoms with E-state index < -0.39 is 17.7 Å². The van der Waals surface area contributed by atoms with Gasteiger partial charge in [-0.3, -0.25) is 9.59 Å². The van der Waals surface area contributed by atoms with Crippen molar-refractivity contribution in [3.05, 3.63) is 70.3 Å². The molecule has 0 saturated carbocycles. The van der Waals surface area contributed by atoms with Crippen molar-refractivity contribution in [1.82, 2.24) is 9.80 Å². The highest BCUT2D eigenvalue weighted by Crippen LogP contribution is 2.40. The number of aliphatic hydroxyl groups excluding tert-OH is 1. The highest BCUT2D eigenvalue weighted by atomic mass is 35.5. The van der Waals surface area contributed by atoms with E-state index in [4.69, 9.17) is 16.3 Å². The summed E-state index contributed by atoms with van der Waals surface area (Å²) in [6, 6.07) is 13.5. The zero-order valence-electron chi connectivity index (χ0n) is 19.4. The van der Waals surface area contributed by atoms with Crippen LogP contribution in [-0.2, 0) is 9.59 Å². The summed E-state index contributed by atoms with van der Waals surface area (Å²) in [5.41, 5.74) is 1.22. The van der Waals surface area contributed by atoms with Gasteiger partial charge in [0, 0.05) is 12.1 Å². The van der Waals surface area contributed by atoms with Gasteiger partial charge in [0.15, 0.2) is 0 Å². The number of ether oxygens (including phenoxy) is 1. The molecule has 1 amide bonds. The average Bonchev–Trinajstić information content (AvgIpc) is 3.08. The molecule has 0 unspecified atom stereocenters. The number of nitrogens with zero attached hydrogens (tertiary/aromatic N) is 2. The van der Waals surface area contributed by atoms with Crippen molar-refractivity contribution in [3.8, 4) is 5.75 Å². The molecule has 1 saturated heterocycles. The molecule has 6 nitrogen and oxygen atoms in total. The lowest BCUT2D eigenvalue weighted by molar-refractivity contribution is -0.140. The zero-order chi connectivity index (χ0) is 24.0. The van der Waals surface area contributed by atoms with E-state index in [0.717, 1.165) is 31.6 Å². The number of hydrogen-bond acceptors (Lipinski definition) is 5. The molecule has 7 heteroatoms. The van der Waals surface area contributed by atoms with Gasteiger partial charge < -0.3 is 19.6 Å². The van der Waals surface area contributed by atoms with Crippen molar-refractivity contribution >= 4 is 29.1 Å². The van der Waals surface area contributed by atoms with Gasteiger partial charge >= 0.3 is 0 Å². The molecule has 1 N–H and O–H groups in total. The molecular formula is C26H31ClN2O4. The fourth-order valence-corrected chi connectivity index (χ4v) is 4.41. The molecule has 1 heterocycles. The highest BCUT2D eigenvalue weighted by molar-refractivity contribution is 6.46. The van der Waals surface area contributed by atoms with Gasteiger partial charge in [-0.25, -0.2) is 0 Å². The summed E-state index contributed by atoms with van der Waals surface area (Å²) in [6.45, 7) is 9.60. The Morgan fingerprint density at radius 2 is 1.79 bits per heavy atom. The van der Waals surface area contributed by atoms with Crippen molar-refractivity contribution in [1.29, 1.82) is 0 Å². The lowest BCUT2D eigenvalue weighted by Gasteiger charge is -2.26. The van der Waals surface area contributed by atoms with Gasteiger partial charge in [0.2, 0.25) is 0 Å². The molecule has 33 heavy (non-hydrogen) atoms. The van der Waals surface area contributed by atoms with Crippen LogP contribution in [0.4, 0.5) is 0 Å². The van der Waals surface area contributed by atoms with E-state index in [-0.39, 0.29) is 11.3 Å². The SMILES string of the molecule is CCOc1ccc(C(O)=C2C(=O)C(=O)N(CCCN(CC)CC)[C@@H]2c2ccccc2)cc1Cl. The maximum Gasteiger partial charge on any atom is 0.295 e. The quantitative estimate of drug-likeness (QED) is 0.304. The summed E-state index contributed by atoms with van der Waals surface area (Å²) in [4.78, 5) is 30.0. The molecular weight excluding hydrogens is 440 g/mol. The fourth-order valence-electron chi connectivity index (χ4n) is 4.17. The monoisotopic (exact) mass is 470 g/mol. The van der Waals surface area contributed by atoms with Gasteiger partial charge in [0.05, 0.1) is 23.2 Å². The van der Waals surface area contributed by atoms with Crippen LogP contribution in [0.5, 0.6) is 5.75 Å². The van der Waals surface area contributed by atoms with Crippen LogP contribution >= 0.6 is 11.6 Å². The molecule has 1 aliphatic heterocycles. The van der Waals surface area contributed by atoms with E-state index in [1.807, 2.05) is 37.3 Å². The molecule has 0 aromatic heterocycles. The summed E-state index contributed by atoms with van der Waals surface area (Å²) in [5.74, 6) is -1.03. The number of aliphatic hydroxyl groups is 1. The average molecular weight is 471 g/mol. The first-order chi connectivity index (χ1) is 15.9. The number of rotatable bonds is 10. The summed E-state index contributed by atoms with van der Waals surface area (Å²) in [6.07, 6.45) is 0.729. The van der Waals surface area contributed by atoms with Gasteiger partial charge in [-0.05, 0) is 56.7 Å². The Hall–Kier alpha value is -2.83. The topological polar surface area (TPSA) is 70.1 Å². The normalized spacial score (nSPS) is 17.7. The Balaban J connectivity index is 2.01. The molecule has 0 radical (unpaired) electrons. The minimum atomic E-state index is -0.686. The van der Waals surface area contributed by atoms with Crippen LogP contribution in [0.1, 0.15) is 44.4 Å². The van der Waals surface area contributed by atoms with E-state index in [9.17, 15) is 14.7 Å². The number of ketones is 1. The molecule has 2 aromatic rings. The Morgan fingerprint density at radius 3 is 2.39 bits per heavy atom. The lowest BCUT2D eigenvalue weighted by atomic mass is 9.95. The minimum Gasteiger partial charge on any atom is -0.507 e. The molecule has 1 aliphatic rings. The Kier molecular flexibility index (Phi) is 8.53. The lowest BCUT2D eigenvalue weighted by Crippen LogP contribution is -2.33. The van der Waals surface area contributed by atoms with E-state index in [1.165, 1.54) is 0 Å². The van der Waals surface area contributed by atoms with Crippen LogP contribution < -0.4 is 4.74 Å². The van der Waals surface area contributed by atoms with Crippen LogP contribution in [0.3, 0.4) is 0 Å². The molecule has 0 aliphatic carbocycles. The number of carbonyl (C=O) groups is 2. The van der Waals surface area contributed by atoms with E-state index in [2.05, 4.69) is 18.7 Å². The van der Waals surface area contributed by atoms with Crippen LogP contribution in [0.2, 0.25) is 5.02 Å². The van der Waals surface area contributed by atoms with Crippen molar-refractivity contribution < 1.29 is 19.4 Å². The van der Waals surface area contributed by atoms with Crippen molar-refractivity contribution in [2.45, 2.75) is 33.2 Å². The van der Waals surface area contributed by atoms with E-state index in [0.29, 0.717) is 29.5 Å². The number of likely N-dealkylation sites (tertiary alicyclic amines) is 1. The first-order valence-electron chi connectivity index (χ1n) is 11.4. The molecule has 2 aromatic carbocycles.